The molecule has 0 radical (unpaired) electrons. The number of ether oxygens (including phenoxy) is 1. The predicted octanol–water partition coefficient (Wildman–Crippen LogP) is 7.51. The topological polar surface area (TPSA) is 9.23 Å². The van der Waals surface area contributed by atoms with E-state index in [1.807, 2.05) is 6.92 Å². The molecule has 3 rings (SSSR count). The molecule has 1 saturated carbocycles. The van der Waals surface area contributed by atoms with Crippen molar-refractivity contribution in [2.75, 3.05) is 6.61 Å². The number of halogens is 5. The first-order valence-electron chi connectivity index (χ1n) is 10.8. The van der Waals surface area contributed by atoms with E-state index in [0.29, 0.717) is 18.8 Å². The van der Waals surface area contributed by atoms with Crippen LogP contribution in [0.3, 0.4) is 0 Å². The third-order valence-corrected chi connectivity index (χ3v) is 6.12. The highest BCUT2D eigenvalue weighted by molar-refractivity contribution is 5.76. The summed E-state index contributed by atoms with van der Waals surface area (Å²) >= 11 is 0. The second kappa shape index (κ2) is 9.48. The lowest BCUT2D eigenvalue weighted by atomic mass is 9.83. The van der Waals surface area contributed by atoms with Crippen LogP contribution >= 0.6 is 0 Å². The van der Waals surface area contributed by atoms with E-state index >= 15 is 0 Å². The summed E-state index contributed by atoms with van der Waals surface area (Å²) < 4.78 is 76.2. The molecule has 0 atom stereocenters. The van der Waals surface area contributed by atoms with Crippen LogP contribution in [0.1, 0.15) is 81.4 Å². The molecule has 162 valence electrons. The fourth-order valence-corrected chi connectivity index (χ4v) is 4.52. The van der Waals surface area contributed by atoms with Crippen LogP contribution in [-0.4, -0.2) is 12.8 Å². The monoisotopic (exact) mass is 416 g/mol. The van der Waals surface area contributed by atoms with Gasteiger partial charge in [-0.3, -0.25) is 0 Å². The van der Waals surface area contributed by atoms with Crippen molar-refractivity contribution in [3.05, 3.63) is 40.2 Å². The van der Waals surface area contributed by atoms with E-state index < -0.39 is 28.9 Å². The van der Waals surface area contributed by atoms with Crippen molar-refractivity contribution in [2.45, 2.75) is 83.7 Å². The summed E-state index contributed by atoms with van der Waals surface area (Å²) in [5.74, 6) is -2.31. The quantitative estimate of drug-likeness (QED) is 0.330. The number of unbranched alkanes of at least 4 members (excludes halogenated alkanes) is 1. The van der Waals surface area contributed by atoms with E-state index in [4.69, 9.17) is 4.74 Å². The number of hydrogen-bond acceptors (Lipinski definition) is 1. The molecule has 1 fully saturated rings. The van der Waals surface area contributed by atoms with Crippen LogP contribution in [0.25, 0.3) is 5.57 Å². The van der Waals surface area contributed by atoms with Gasteiger partial charge in [0.1, 0.15) is 11.3 Å². The number of aryl methyl sites for hydroxylation is 2. The van der Waals surface area contributed by atoms with Gasteiger partial charge in [-0.2, -0.15) is 13.2 Å². The lowest BCUT2D eigenvalue weighted by Crippen LogP contribution is -2.22. The zero-order valence-corrected chi connectivity index (χ0v) is 16.9. The Bertz CT molecular complexity index is 745. The van der Waals surface area contributed by atoms with Crippen molar-refractivity contribution >= 4 is 5.57 Å². The molecule has 0 N–H and O–H groups in total. The largest absolute Gasteiger partial charge is 0.497 e. The van der Waals surface area contributed by atoms with Crippen LogP contribution in [0.5, 0.6) is 0 Å². The fraction of sp³-hybridized carbons (Fsp3) is 0.652. The minimum absolute atomic E-state index is 0.0543. The van der Waals surface area contributed by atoms with Gasteiger partial charge in [0.2, 0.25) is 0 Å². The van der Waals surface area contributed by atoms with E-state index in [1.165, 1.54) is 12.5 Å². The minimum Gasteiger partial charge on any atom is -0.497 e. The van der Waals surface area contributed by atoms with Crippen LogP contribution in [0, 0.1) is 17.6 Å². The maximum atomic E-state index is 14.9. The Morgan fingerprint density at radius 3 is 2.41 bits per heavy atom. The standard InChI is InChI=1S/C23H29F5O/c1-2-3-13-29-18-12-11-16-14-17(10-9-15-7-5-4-6-8-15)21(24)22(25)19(16)20(18)23(26,27)28/h14-15H,2-13H2,1H3. The van der Waals surface area contributed by atoms with Gasteiger partial charge in [0, 0.05) is 12.0 Å². The zero-order chi connectivity index (χ0) is 21.0. The van der Waals surface area contributed by atoms with Crippen molar-refractivity contribution in [3.63, 3.8) is 0 Å². The van der Waals surface area contributed by atoms with E-state index in [1.54, 1.807) is 0 Å². The van der Waals surface area contributed by atoms with E-state index in [9.17, 15) is 22.0 Å². The Morgan fingerprint density at radius 1 is 1.03 bits per heavy atom. The minimum atomic E-state index is -4.80. The van der Waals surface area contributed by atoms with Crippen molar-refractivity contribution in [1.29, 1.82) is 0 Å². The fourth-order valence-electron chi connectivity index (χ4n) is 4.52. The number of hydrogen-bond donors (Lipinski definition) is 0. The number of alkyl halides is 3. The summed E-state index contributed by atoms with van der Waals surface area (Å²) in [6, 6.07) is 1.45. The predicted molar refractivity (Wildman–Crippen MR) is 103 cm³/mol. The van der Waals surface area contributed by atoms with Gasteiger partial charge in [0.25, 0.3) is 0 Å². The Labute approximate surface area is 169 Å². The first kappa shape index (κ1) is 22.1. The summed E-state index contributed by atoms with van der Waals surface area (Å²) in [4.78, 5) is 0. The second-order valence-electron chi connectivity index (χ2n) is 8.24. The number of fused-ring (bicyclic) bond motifs is 1. The molecule has 0 bridgehead atoms. The van der Waals surface area contributed by atoms with E-state index in [-0.39, 0.29) is 36.3 Å². The molecule has 2 aliphatic rings. The lowest BCUT2D eigenvalue weighted by molar-refractivity contribution is -0.0721. The third kappa shape index (κ3) is 5.13. The van der Waals surface area contributed by atoms with E-state index in [2.05, 4.69) is 0 Å². The molecule has 6 heteroatoms. The lowest BCUT2D eigenvalue weighted by Gasteiger charge is -2.27. The molecule has 2 aliphatic carbocycles. The highest BCUT2D eigenvalue weighted by Gasteiger charge is 2.43. The van der Waals surface area contributed by atoms with Crippen molar-refractivity contribution < 1.29 is 26.7 Å². The molecule has 0 heterocycles. The average Bonchev–Trinajstić information content (AvgIpc) is 2.69. The Morgan fingerprint density at radius 2 is 1.76 bits per heavy atom. The van der Waals surface area contributed by atoms with Crippen molar-refractivity contribution in [3.8, 4) is 0 Å². The van der Waals surface area contributed by atoms with Gasteiger partial charge in [-0.15, -0.1) is 0 Å². The molecule has 1 nitrogen and oxygen atoms in total. The summed E-state index contributed by atoms with van der Waals surface area (Å²) in [7, 11) is 0. The molecule has 1 aromatic carbocycles. The first-order valence-corrected chi connectivity index (χ1v) is 10.8. The molecular formula is C23H29F5O. The smallest absolute Gasteiger partial charge is 0.420 e. The average molecular weight is 416 g/mol. The van der Waals surface area contributed by atoms with Gasteiger partial charge in [0.05, 0.1) is 6.61 Å². The molecule has 0 spiro atoms. The highest BCUT2D eigenvalue weighted by Crippen LogP contribution is 2.45. The van der Waals surface area contributed by atoms with Crippen molar-refractivity contribution in [2.24, 2.45) is 5.92 Å². The molecule has 0 amide bonds. The van der Waals surface area contributed by atoms with Gasteiger partial charge in [-0.1, -0.05) is 51.5 Å². The van der Waals surface area contributed by atoms with Crippen LogP contribution in [0.2, 0.25) is 0 Å². The molecule has 0 aliphatic heterocycles. The molecule has 0 unspecified atom stereocenters. The highest BCUT2D eigenvalue weighted by atomic mass is 19.4. The van der Waals surface area contributed by atoms with Gasteiger partial charge in [0.15, 0.2) is 11.6 Å². The zero-order valence-electron chi connectivity index (χ0n) is 16.9. The Hall–Kier alpha value is -1.59. The number of benzene rings is 1. The Kier molecular flexibility index (Phi) is 7.23. The first-order chi connectivity index (χ1) is 13.8. The Balaban J connectivity index is 1.90. The normalized spacial score (nSPS) is 18.1. The van der Waals surface area contributed by atoms with Gasteiger partial charge < -0.3 is 4.74 Å². The van der Waals surface area contributed by atoms with Crippen LogP contribution < -0.4 is 0 Å². The summed E-state index contributed by atoms with van der Waals surface area (Å²) in [5.41, 5.74) is -1.37. The molecule has 29 heavy (non-hydrogen) atoms. The third-order valence-electron chi connectivity index (χ3n) is 6.12. The molecular weight excluding hydrogens is 387 g/mol. The molecule has 1 aromatic rings. The van der Waals surface area contributed by atoms with Crippen molar-refractivity contribution in [1.82, 2.24) is 0 Å². The second-order valence-corrected chi connectivity index (χ2v) is 8.24. The SMILES string of the molecule is CCCCOC1=C(C(F)(F)F)c2c(cc(CCC3CCCCC3)c(F)c2F)CC1. The van der Waals surface area contributed by atoms with Gasteiger partial charge in [-0.05, 0) is 42.7 Å². The summed E-state index contributed by atoms with van der Waals surface area (Å²) in [6.07, 6.45) is 3.70. The van der Waals surface area contributed by atoms with Crippen LogP contribution in [0.4, 0.5) is 22.0 Å². The number of rotatable bonds is 7. The summed E-state index contributed by atoms with van der Waals surface area (Å²) in [5, 5.41) is 0. The van der Waals surface area contributed by atoms with E-state index in [0.717, 1.165) is 38.5 Å². The maximum Gasteiger partial charge on any atom is 0.420 e. The maximum absolute atomic E-state index is 14.9. The van der Waals surface area contributed by atoms with Gasteiger partial charge in [-0.25, -0.2) is 8.78 Å². The van der Waals surface area contributed by atoms with Crippen LogP contribution in [0.15, 0.2) is 11.8 Å². The van der Waals surface area contributed by atoms with Crippen LogP contribution in [-0.2, 0) is 17.6 Å². The number of allylic oxidation sites excluding steroid dienone is 2. The molecule has 0 aromatic heterocycles. The molecule has 0 saturated heterocycles. The summed E-state index contributed by atoms with van der Waals surface area (Å²) in [6.45, 7) is 2.05. The van der Waals surface area contributed by atoms with Gasteiger partial charge >= 0.3 is 6.18 Å².